The highest BCUT2D eigenvalue weighted by Gasteiger charge is 2.12. The standard InChI is InChI=1S/C16H13N5/c1-21-16-13(9-18-21)14(17)19-15(20-16)12-8-4-6-10-5-2-3-7-11(10)12/h2-9H,1H3,(H2,17,19,20). The molecule has 0 bridgehead atoms. The Bertz CT molecular complexity index is 966. The van der Waals surface area contributed by atoms with Crippen LogP contribution in [0.15, 0.2) is 48.7 Å². The molecule has 5 nitrogen and oxygen atoms in total. The SMILES string of the molecule is Cn1ncc2c(N)nc(-c3cccc4ccccc34)nc21. The van der Waals surface area contributed by atoms with Gasteiger partial charge >= 0.3 is 0 Å². The maximum atomic E-state index is 6.05. The Labute approximate surface area is 121 Å². The molecule has 4 rings (SSSR count). The van der Waals surface area contributed by atoms with Gasteiger partial charge in [-0.2, -0.15) is 5.10 Å². The van der Waals surface area contributed by atoms with Crippen LogP contribution < -0.4 is 5.73 Å². The summed E-state index contributed by atoms with van der Waals surface area (Å²) >= 11 is 0. The molecular formula is C16H13N5. The van der Waals surface area contributed by atoms with Gasteiger partial charge in [0.15, 0.2) is 11.5 Å². The van der Waals surface area contributed by atoms with Gasteiger partial charge in [0.25, 0.3) is 0 Å². The zero-order valence-corrected chi connectivity index (χ0v) is 11.5. The molecule has 0 aliphatic rings. The molecule has 2 N–H and O–H groups in total. The molecule has 2 heterocycles. The van der Waals surface area contributed by atoms with Gasteiger partial charge in [-0.25, -0.2) is 9.97 Å². The summed E-state index contributed by atoms with van der Waals surface area (Å²) < 4.78 is 1.71. The van der Waals surface area contributed by atoms with Crippen LogP contribution in [0.5, 0.6) is 0 Å². The lowest BCUT2D eigenvalue weighted by molar-refractivity contribution is 0.786. The van der Waals surface area contributed by atoms with Crippen LogP contribution in [-0.2, 0) is 7.05 Å². The average molecular weight is 275 g/mol. The van der Waals surface area contributed by atoms with Gasteiger partial charge < -0.3 is 5.73 Å². The first-order valence-electron chi connectivity index (χ1n) is 6.67. The summed E-state index contributed by atoms with van der Waals surface area (Å²) in [6.07, 6.45) is 1.69. The number of hydrogen-bond donors (Lipinski definition) is 1. The van der Waals surface area contributed by atoms with Crippen LogP contribution in [0.4, 0.5) is 5.82 Å². The Morgan fingerprint density at radius 2 is 1.76 bits per heavy atom. The van der Waals surface area contributed by atoms with Crippen LogP contribution in [-0.4, -0.2) is 19.7 Å². The molecule has 0 saturated heterocycles. The largest absolute Gasteiger partial charge is 0.383 e. The predicted octanol–water partition coefficient (Wildman–Crippen LogP) is 2.77. The second-order valence-corrected chi connectivity index (χ2v) is 4.96. The Morgan fingerprint density at radius 3 is 2.67 bits per heavy atom. The van der Waals surface area contributed by atoms with E-state index in [2.05, 4.69) is 33.3 Å². The van der Waals surface area contributed by atoms with E-state index in [1.165, 1.54) is 0 Å². The molecule has 2 aromatic carbocycles. The molecule has 5 heteroatoms. The predicted molar refractivity (Wildman–Crippen MR) is 83.7 cm³/mol. The van der Waals surface area contributed by atoms with Crippen molar-refractivity contribution in [2.75, 3.05) is 5.73 Å². The molecule has 0 fully saturated rings. The van der Waals surface area contributed by atoms with Gasteiger partial charge in [-0.05, 0) is 10.8 Å². The van der Waals surface area contributed by atoms with Crippen molar-refractivity contribution in [2.24, 2.45) is 7.05 Å². The summed E-state index contributed by atoms with van der Waals surface area (Å²) in [6, 6.07) is 14.3. The number of nitrogens with zero attached hydrogens (tertiary/aromatic N) is 4. The first-order valence-corrected chi connectivity index (χ1v) is 6.67. The summed E-state index contributed by atoms with van der Waals surface area (Å²) in [5.41, 5.74) is 7.76. The zero-order valence-electron chi connectivity index (χ0n) is 11.5. The molecule has 0 spiro atoms. The van der Waals surface area contributed by atoms with E-state index >= 15 is 0 Å². The van der Waals surface area contributed by atoms with Crippen molar-refractivity contribution in [2.45, 2.75) is 0 Å². The molecular weight excluding hydrogens is 262 g/mol. The minimum atomic E-state index is 0.455. The molecule has 0 saturated carbocycles. The van der Waals surface area contributed by atoms with E-state index in [-0.39, 0.29) is 0 Å². The molecule has 102 valence electrons. The lowest BCUT2D eigenvalue weighted by Crippen LogP contribution is -2.00. The minimum absolute atomic E-state index is 0.455. The van der Waals surface area contributed by atoms with E-state index in [0.29, 0.717) is 11.6 Å². The van der Waals surface area contributed by atoms with Crippen molar-refractivity contribution < 1.29 is 0 Å². The van der Waals surface area contributed by atoms with Crippen LogP contribution in [0, 0.1) is 0 Å². The number of anilines is 1. The lowest BCUT2D eigenvalue weighted by atomic mass is 10.0. The Kier molecular flexibility index (Phi) is 2.41. The highest BCUT2D eigenvalue weighted by molar-refractivity contribution is 5.96. The van der Waals surface area contributed by atoms with Crippen LogP contribution >= 0.6 is 0 Å². The maximum absolute atomic E-state index is 6.05. The molecule has 21 heavy (non-hydrogen) atoms. The average Bonchev–Trinajstić information content (AvgIpc) is 2.89. The molecule has 0 atom stereocenters. The summed E-state index contributed by atoms with van der Waals surface area (Å²) in [5.74, 6) is 1.08. The van der Waals surface area contributed by atoms with Gasteiger partial charge in [-0.15, -0.1) is 0 Å². The highest BCUT2D eigenvalue weighted by Crippen LogP contribution is 2.28. The first-order chi connectivity index (χ1) is 10.2. The molecule has 2 aromatic heterocycles. The monoisotopic (exact) mass is 275 g/mol. The summed E-state index contributed by atoms with van der Waals surface area (Å²) in [6.45, 7) is 0. The van der Waals surface area contributed by atoms with Gasteiger partial charge in [0, 0.05) is 12.6 Å². The van der Waals surface area contributed by atoms with Gasteiger partial charge in [-0.3, -0.25) is 4.68 Å². The Balaban J connectivity index is 2.06. The third-order valence-electron chi connectivity index (χ3n) is 3.65. The maximum Gasteiger partial charge on any atom is 0.164 e. The molecule has 0 unspecified atom stereocenters. The van der Waals surface area contributed by atoms with E-state index < -0.39 is 0 Å². The van der Waals surface area contributed by atoms with Gasteiger partial charge in [0.2, 0.25) is 0 Å². The van der Waals surface area contributed by atoms with E-state index in [4.69, 9.17) is 5.73 Å². The minimum Gasteiger partial charge on any atom is -0.383 e. The molecule has 0 radical (unpaired) electrons. The fraction of sp³-hybridized carbons (Fsp3) is 0.0625. The van der Waals surface area contributed by atoms with Gasteiger partial charge in [0.05, 0.1) is 11.6 Å². The third kappa shape index (κ3) is 1.74. The smallest absolute Gasteiger partial charge is 0.164 e. The molecule has 0 aliphatic carbocycles. The van der Waals surface area contributed by atoms with Crippen LogP contribution in [0.1, 0.15) is 0 Å². The summed E-state index contributed by atoms with van der Waals surface area (Å²) in [4.78, 5) is 9.07. The van der Waals surface area contributed by atoms with Crippen molar-refractivity contribution in [3.8, 4) is 11.4 Å². The zero-order chi connectivity index (χ0) is 14.4. The van der Waals surface area contributed by atoms with E-state index in [1.54, 1.807) is 10.9 Å². The quantitative estimate of drug-likeness (QED) is 0.580. The van der Waals surface area contributed by atoms with Gasteiger partial charge in [-0.1, -0.05) is 42.5 Å². The van der Waals surface area contributed by atoms with E-state index in [0.717, 1.165) is 27.4 Å². The van der Waals surface area contributed by atoms with Crippen molar-refractivity contribution >= 4 is 27.6 Å². The van der Waals surface area contributed by atoms with Crippen LogP contribution in [0.25, 0.3) is 33.2 Å². The number of nitrogens with two attached hydrogens (primary N) is 1. The van der Waals surface area contributed by atoms with E-state index in [1.807, 2.05) is 31.3 Å². The third-order valence-corrected chi connectivity index (χ3v) is 3.65. The van der Waals surface area contributed by atoms with Crippen LogP contribution in [0.3, 0.4) is 0 Å². The fourth-order valence-corrected chi connectivity index (χ4v) is 2.58. The van der Waals surface area contributed by atoms with Crippen molar-refractivity contribution in [1.82, 2.24) is 19.7 Å². The summed E-state index contributed by atoms with van der Waals surface area (Å²) in [5, 5.41) is 7.23. The van der Waals surface area contributed by atoms with Crippen LogP contribution in [0.2, 0.25) is 0 Å². The number of hydrogen-bond acceptors (Lipinski definition) is 4. The van der Waals surface area contributed by atoms with E-state index in [9.17, 15) is 0 Å². The van der Waals surface area contributed by atoms with Crippen molar-refractivity contribution in [1.29, 1.82) is 0 Å². The normalized spacial score (nSPS) is 11.3. The number of aryl methyl sites for hydroxylation is 1. The second-order valence-electron chi connectivity index (χ2n) is 4.96. The molecule has 0 amide bonds. The lowest BCUT2D eigenvalue weighted by Gasteiger charge is -2.07. The number of rotatable bonds is 1. The van der Waals surface area contributed by atoms with Gasteiger partial charge in [0.1, 0.15) is 5.82 Å². The fourth-order valence-electron chi connectivity index (χ4n) is 2.58. The Morgan fingerprint density at radius 1 is 0.952 bits per heavy atom. The Hall–Kier alpha value is -2.95. The molecule has 4 aromatic rings. The second kappa shape index (κ2) is 4.28. The number of fused-ring (bicyclic) bond motifs is 2. The first kappa shape index (κ1) is 11.8. The van der Waals surface area contributed by atoms with Crippen molar-refractivity contribution in [3.05, 3.63) is 48.7 Å². The number of aromatic nitrogens is 4. The van der Waals surface area contributed by atoms with Crippen molar-refractivity contribution in [3.63, 3.8) is 0 Å². The molecule has 0 aliphatic heterocycles. The number of nitrogen functional groups attached to an aromatic ring is 1. The topological polar surface area (TPSA) is 69.6 Å². The highest BCUT2D eigenvalue weighted by atomic mass is 15.3. The number of benzene rings is 2. The summed E-state index contributed by atoms with van der Waals surface area (Å²) in [7, 11) is 1.85.